The summed E-state index contributed by atoms with van der Waals surface area (Å²) in [5.41, 5.74) is 2.52. The number of aromatic nitrogens is 2. The van der Waals surface area contributed by atoms with Crippen molar-refractivity contribution in [2.75, 3.05) is 11.9 Å². The molecule has 2 aromatic carbocycles. The molecule has 1 aliphatic rings. The number of rotatable bonds is 6. The van der Waals surface area contributed by atoms with Crippen LogP contribution in [0.1, 0.15) is 19.3 Å². The lowest BCUT2D eigenvalue weighted by Gasteiger charge is -2.22. The lowest BCUT2D eigenvalue weighted by atomic mass is 9.86. The molecule has 6 nitrogen and oxygen atoms in total. The number of carbonyl (C=O) groups is 2. The molecule has 0 radical (unpaired) electrons. The van der Waals surface area contributed by atoms with Gasteiger partial charge >= 0.3 is 5.97 Å². The molecule has 0 saturated heterocycles. The molecule has 1 aromatic heterocycles. The average Bonchev–Trinajstić information content (AvgIpc) is 3.10. The fraction of sp³-hybridized carbons (Fsp3) is 0.227. The van der Waals surface area contributed by atoms with Crippen LogP contribution in [-0.4, -0.2) is 28.3 Å². The lowest BCUT2D eigenvalue weighted by Crippen LogP contribution is -2.28. The third-order valence-corrected chi connectivity index (χ3v) is 4.83. The van der Waals surface area contributed by atoms with Gasteiger partial charge in [0.05, 0.1) is 17.3 Å². The summed E-state index contributed by atoms with van der Waals surface area (Å²) in [7, 11) is 0. The van der Waals surface area contributed by atoms with E-state index >= 15 is 0 Å². The van der Waals surface area contributed by atoms with Gasteiger partial charge in [0.15, 0.2) is 6.61 Å². The van der Waals surface area contributed by atoms with E-state index in [0.29, 0.717) is 5.82 Å². The molecule has 1 N–H and O–H groups in total. The third-order valence-electron chi connectivity index (χ3n) is 4.83. The van der Waals surface area contributed by atoms with Gasteiger partial charge in [0.25, 0.3) is 5.91 Å². The molecule has 0 aliphatic heterocycles. The Bertz CT molecular complexity index is 963. The Morgan fingerprint density at radius 1 is 1.04 bits per heavy atom. The monoisotopic (exact) mass is 375 g/mol. The van der Waals surface area contributed by atoms with E-state index in [1.807, 2.05) is 66.7 Å². The van der Waals surface area contributed by atoms with Gasteiger partial charge in [0.2, 0.25) is 0 Å². The number of nitrogens with one attached hydrogen (secondary N) is 1. The number of amides is 1. The minimum absolute atomic E-state index is 0.0488. The van der Waals surface area contributed by atoms with Crippen LogP contribution in [0.2, 0.25) is 0 Å². The molecule has 0 atom stereocenters. The summed E-state index contributed by atoms with van der Waals surface area (Å²) in [5, 5.41) is 7.46. The van der Waals surface area contributed by atoms with Gasteiger partial charge in [0, 0.05) is 11.6 Å². The van der Waals surface area contributed by atoms with Crippen molar-refractivity contribution in [3.63, 3.8) is 0 Å². The predicted octanol–water partition coefficient (Wildman–Crippen LogP) is 3.82. The Labute approximate surface area is 163 Å². The molecule has 0 unspecified atom stereocenters. The first kappa shape index (κ1) is 18.0. The van der Waals surface area contributed by atoms with Crippen LogP contribution in [0.4, 0.5) is 5.82 Å². The van der Waals surface area contributed by atoms with Crippen LogP contribution >= 0.6 is 0 Å². The van der Waals surface area contributed by atoms with E-state index in [1.54, 1.807) is 4.68 Å². The Hall–Kier alpha value is -3.41. The average molecular weight is 375 g/mol. The highest BCUT2D eigenvalue weighted by atomic mass is 16.5. The normalized spacial score (nSPS) is 13.6. The molecule has 4 rings (SSSR count). The maximum absolute atomic E-state index is 12.3. The predicted molar refractivity (Wildman–Crippen MR) is 106 cm³/mol. The molecular formula is C22H21N3O3. The quantitative estimate of drug-likeness (QED) is 0.665. The minimum atomic E-state index is -0.385. The van der Waals surface area contributed by atoms with Crippen molar-refractivity contribution in [2.45, 2.75) is 19.3 Å². The first-order chi connectivity index (χ1) is 13.7. The Balaban J connectivity index is 1.53. The van der Waals surface area contributed by atoms with Crippen LogP contribution in [-0.2, 0) is 14.3 Å². The summed E-state index contributed by atoms with van der Waals surface area (Å²) >= 11 is 0. The highest BCUT2D eigenvalue weighted by Crippen LogP contribution is 2.27. The summed E-state index contributed by atoms with van der Waals surface area (Å²) in [6.45, 7) is -0.296. The zero-order valence-electron chi connectivity index (χ0n) is 15.4. The topological polar surface area (TPSA) is 73.2 Å². The van der Waals surface area contributed by atoms with E-state index in [0.717, 1.165) is 36.2 Å². The van der Waals surface area contributed by atoms with Gasteiger partial charge in [-0.25, -0.2) is 4.68 Å². The minimum Gasteiger partial charge on any atom is -0.455 e. The molecule has 0 bridgehead atoms. The number of nitrogens with zero attached hydrogens (tertiary/aromatic N) is 2. The summed E-state index contributed by atoms with van der Waals surface area (Å²) in [4.78, 5) is 24.2. The van der Waals surface area contributed by atoms with Gasteiger partial charge in [-0.05, 0) is 25.0 Å². The zero-order chi connectivity index (χ0) is 19.3. The van der Waals surface area contributed by atoms with Crippen molar-refractivity contribution in [1.82, 2.24) is 9.78 Å². The zero-order valence-corrected chi connectivity index (χ0v) is 15.4. The number of hydrogen-bond acceptors (Lipinski definition) is 4. The highest BCUT2D eigenvalue weighted by molar-refractivity contribution is 5.93. The molecule has 1 heterocycles. The first-order valence-corrected chi connectivity index (χ1v) is 9.38. The first-order valence-electron chi connectivity index (χ1n) is 9.38. The van der Waals surface area contributed by atoms with Crippen molar-refractivity contribution >= 4 is 17.7 Å². The van der Waals surface area contributed by atoms with E-state index in [2.05, 4.69) is 10.4 Å². The molecule has 28 heavy (non-hydrogen) atoms. The SMILES string of the molecule is O=C(COC(=O)C1CCC1)Nc1cc(-c2ccccc2)nn1-c1ccccc1. The van der Waals surface area contributed by atoms with Crippen molar-refractivity contribution in [1.29, 1.82) is 0 Å². The van der Waals surface area contributed by atoms with Gasteiger partial charge in [-0.1, -0.05) is 55.0 Å². The summed E-state index contributed by atoms with van der Waals surface area (Å²) < 4.78 is 6.81. The van der Waals surface area contributed by atoms with Crippen LogP contribution in [0.3, 0.4) is 0 Å². The largest absolute Gasteiger partial charge is 0.455 e. The summed E-state index contributed by atoms with van der Waals surface area (Å²) in [6, 6.07) is 21.1. The van der Waals surface area contributed by atoms with Crippen molar-refractivity contribution in [3.8, 4) is 16.9 Å². The van der Waals surface area contributed by atoms with Crippen LogP contribution in [0, 0.1) is 5.92 Å². The second-order valence-corrected chi connectivity index (χ2v) is 6.81. The summed E-state index contributed by atoms with van der Waals surface area (Å²) in [6.07, 6.45) is 2.74. The van der Waals surface area contributed by atoms with Gasteiger partial charge in [-0.15, -0.1) is 0 Å². The molecule has 3 aromatic rings. The lowest BCUT2D eigenvalue weighted by molar-refractivity contribution is -0.154. The Morgan fingerprint density at radius 3 is 2.36 bits per heavy atom. The van der Waals surface area contributed by atoms with E-state index in [4.69, 9.17) is 4.74 Å². The Kier molecular flexibility index (Phi) is 5.19. The number of anilines is 1. The molecule has 0 spiro atoms. The van der Waals surface area contributed by atoms with Crippen LogP contribution in [0.5, 0.6) is 0 Å². The maximum Gasteiger partial charge on any atom is 0.309 e. The number of hydrogen-bond donors (Lipinski definition) is 1. The molecule has 1 fully saturated rings. The van der Waals surface area contributed by atoms with Gasteiger partial charge in [0.1, 0.15) is 5.82 Å². The molecule has 6 heteroatoms. The van der Waals surface area contributed by atoms with Gasteiger partial charge in [-0.2, -0.15) is 5.10 Å². The van der Waals surface area contributed by atoms with E-state index in [9.17, 15) is 9.59 Å². The Morgan fingerprint density at radius 2 is 1.71 bits per heavy atom. The second-order valence-electron chi connectivity index (χ2n) is 6.81. The number of ether oxygens (including phenoxy) is 1. The standard InChI is InChI=1S/C22H21N3O3/c26-21(15-28-22(27)17-10-7-11-17)23-20-14-19(16-8-3-1-4-9-16)24-25(20)18-12-5-2-6-13-18/h1-6,8-9,12-14,17H,7,10-11,15H2,(H,23,26). The summed E-state index contributed by atoms with van der Waals surface area (Å²) in [5.74, 6) is -0.200. The molecule has 142 valence electrons. The van der Waals surface area contributed by atoms with Crippen LogP contribution in [0.15, 0.2) is 66.7 Å². The number of benzene rings is 2. The molecule has 1 amide bonds. The number of carbonyl (C=O) groups excluding carboxylic acids is 2. The molecule has 1 saturated carbocycles. The molecule has 1 aliphatic carbocycles. The smallest absolute Gasteiger partial charge is 0.309 e. The number of esters is 1. The number of para-hydroxylation sites is 1. The van der Waals surface area contributed by atoms with Crippen LogP contribution < -0.4 is 5.32 Å². The second kappa shape index (κ2) is 8.08. The van der Waals surface area contributed by atoms with Gasteiger partial charge < -0.3 is 10.1 Å². The fourth-order valence-electron chi connectivity index (χ4n) is 3.06. The maximum atomic E-state index is 12.3. The van der Waals surface area contributed by atoms with Crippen molar-refractivity contribution in [2.24, 2.45) is 5.92 Å². The van der Waals surface area contributed by atoms with Crippen molar-refractivity contribution < 1.29 is 14.3 Å². The van der Waals surface area contributed by atoms with Crippen LogP contribution in [0.25, 0.3) is 16.9 Å². The van der Waals surface area contributed by atoms with E-state index in [1.165, 1.54) is 0 Å². The highest BCUT2D eigenvalue weighted by Gasteiger charge is 2.27. The van der Waals surface area contributed by atoms with Gasteiger partial charge in [-0.3, -0.25) is 9.59 Å². The molecular weight excluding hydrogens is 354 g/mol. The van der Waals surface area contributed by atoms with E-state index < -0.39 is 0 Å². The van der Waals surface area contributed by atoms with E-state index in [-0.39, 0.29) is 24.4 Å². The van der Waals surface area contributed by atoms with Crippen molar-refractivity contribution in [3.05, 3.63) is 66.7 Å². The fourth-order valence-corrected chi connectivity index (χ4v) is 3.06. The third kappa shape index (κ3) is 3.96.